The highest BCUT2D eigenvalue weighted by Gasteiger charge is 2.28. The van der Waals surface area contributed by atoms with Crippen LogP contribution in [0.3, 0.4) is 0 Å². The Morgan fingerprint density at radius 2 is 2.00 bits per heavy atom. The van der Waals surface area contributed by atoms with Crippen LogP contribution in [0.25, 0.3) is 0 Å². The highest BCUT2D eigenvalue weighted by molar-refractivity contribution is 5.32. The highest BCUT2D eigenvalue weighted by atomic mass is 16.5. The van der Waals surface area contributed by atoms with Crippen molar-refractivity contribution in [2.24, 2.45) is 5.92 Å². The van der Waals surface area contributed by atoms with Crippen molar-refractivity contribution >= 4 is 0 Å². The van der Waals surface area contributed by atoms with E-state index in [0.29, 0.717) is 12.0 Å². The molecule has 0 bridgehead atoms. The van der Waals surface area contributed by atoms with Gasteiger partial charge in [0.1, 0.15) is 11.5 Å². The van der Waals surface area contributed by atoms with Crippen molar-refractivity contribution in [1.29, 1.82) is 0 Å². The van der Waals surface area contributed by atoms with Gasteiger partial charge >= 0.3 is 0 Å². The van der Waals surface area contributed by atoms with Crippen LogP contribution in [0.5, 0.6) is 11.5 Å². The van der Waals surface area contributed by atoms with Crippen LogP contribution < -0.4 is 9.47 Å². The second-order valence-electron chi connectivity index (χ2n) is 6.65. The number of rotatable bonds is 10. The second-order valence-corrected chi connectivity index (χ2v) is 6.65. The zero-order valence-corrected chi connectivity index (χ0v) is 15.5. The van der Waals surface area contributed by atoms with E-state index in [1.54, 1.807) is 7.11 Å². The molecular weight excluding hydrogens is 302 g/mol. The standard InChI is InChI=1S/C20H33NO3/c1-4-5-6-12-21-13-10-17(20(16-21)23-3)11-14-24-19-9-7-8-18(15-19)22-2/h7-9,15,17,20H,4-6,10-14,16H2,1-3H3/t17-,20-/m1/s1. The van der Waals surface area contributed by atoms with Crippen molar-refractivity contribution in [2.75, 3.05) is 40.5 Å². The zero-order chi connectivity index (χ0) is 17.2. The summed E-state index contributed by atoms with van der Waals surface area (Å²) in [7, 11) is 3.52. The van der Waals surface area contributed by atoms with E-state index in [-0.39, 0.29) is 0 Å². The number of likely N-dealkylation sites (tertiary alicyclic amines) is 1. The van der Waals surface area contributed by atoms with Gasteiger partial charge in [0.15, 0.2) is 0 Å². The van der Waals surface area contributed by atoms with Crippen LogP contribution in [-0.2, 0) is 4.74 Å². The maximum Gasteiger partial charge on any atom is 0.122 e. The Labute approximate surface area is 147 Å². The summed E-state index contributed by atoms with van der Waals surface area (Å²) in [6, 6.07) is 7.81. The molecule has 1 aliphatic heterocycles. The quantitative estimate of drug-likeness (QED) is 0.605. The molecule has 0 amide bonds. The molecule has 1 fully saturated rings. The fourth-order valence-corrected chi connectivity index (χ4v) is 3.43. The average molecular weight is 335 g/mol. The van der Waals surface area contributed by atoms with E-state index >= 15 is 0 Å². The number of nitrogens with zero attached hydrogens (tertiary/aromatic N) is 1. The third-order valence-electron chi connectivity index (χ3n) is 4.96. The lowest BCUT2D eigenvalue weighted by atomic mass is 9.91. The number of hydrogen-bond donors (Lipinski definition) is 0. The molecule has 0 saturated carbocycles. The van der Waals surface area contributed by atoms with Crippen molar-refractivity contribution < 1.29 is 14.2 Å². The predicted octanol–water partition coefficient (Wildman–Crippen LogP) is 3.99. The van der Waals surface area contributed by atoms with E-state index in [1.807, 2.05) is 31.4 Å². The van der Waals surface area contributed by atoms with E-state index in [0.717, 1.165) is 31.1 Å². The van der Waals surface area contributed by atoms with Crippen molar-refractivity contribution in [2.45, 2.75) is 45.1 Å². The van der Waals surface area contributed by atoms with E-state index in [2.05, 4.69) is 11.8 Å². The molecule has 24 heavy (non-hydrogen) atoms. The summed E-state index contributed by atoms with van der Waals surface area (Å²) in [4.78, 5) is 2.56. The smallest absolute Gasteiger partial charge is 0.122 e. The molecule has 2 rings (SSSR count). The van der Waals surface area contributed by atoms with Gasteiger partial charge in [-0.3, -0.25) is 0 Å². The summed E-state index contributed by atoms with van der Waals surface area (Å²) in [5.41, 5.74) is 0. The molecule has 1 aromatic rings. The summed E-state index contributed by atoms with van der Waals surface area (Å²) in [5.74, 6) is 2.30. The Morgan fingerprint density at radius 1 is 1.17 bits per heavy atom. The third-order valence-corrected chi connectivity index (χ3v) is 4.96. The van der Waals surface area contributed by atoms with Gasteiger partial charge in [-0.05, 0) is 50.4 Å². The van der Waals surface area contributed by atoms with Gasteiger partial charge in [-0.1, -0.05) is 25.8 Å². The lowest BCUT2D eigenvalue weighted by Crippen LogP contribution is -2.45. The fraction of sp³-hybridized carbons (Fsp3) is 0.700. The largest absolute Gasteiger partial charge is 0.497 e. The lowest BCUT2D eigenvalue weighted by Gasteiger charge is -2.37. The lowest BCUT2D eigenvalue weighted by molar-refractivity contribution is -0.0180. The topological polar surface area (TPSA) is 30.9 Å². The summed E-state index contributed by atoms with van der Waals surface area (Å²) < 4.78 is 16.9. The molecule has 0 unspecified atom stereocenters. The average Bonchev–Trinajstić information content (AvgIpc) is 2.63. The first-order chi connectivity index (χ1) is 11.8. The molecule has 4 nitrogen and oxygen atoms in total. The van der Waals surface area contributed by atoms with Gasteiger partial charge in [0.25, 0.3) is 0 Å². The number of unbranched alkanes of at least 4 members (excludes halogenated alkanes) is 2. The molecule has 1 heterocycles. The van der Waals surface area contributed by atoms with Crippen LogP contribution in [-0.4, -0.2) is 51.5 Å². The molecular formula is C20H33NO3. The summed E-state index contributed by atoms with van der Waals surface area (Å²) >= 11 is 0. The highest BCUT2D eigenvalue weighted by Crippen LogP contribution is 2.25. The molecule has 2 atom stereocenters. The number of hydrogen-bond acceptors (Lipinski definition) is 4. The minimum absolute atomic E-state index is 0.328. The molecule has 1 aliphatic rings. The van der Waals surface area contributed by atoms with Gasteiger partial charge in [0.05, 0.1) is 19.8 Å². The molecule has 1 saturated heterocycles. The zero-order valence-electron chi connectivity index (χ0n) is 15.5. The van der Waals surface area contributed by atoms with Gasteiger partial charge in [-0.15, -0.1) is 0 Å². The molecule has 0 radical (unpaired) electrons. The first-order valence-corrected chi connectivity index (χ1v) is 9.28. The molecule has 0 N–H and O–H groups in total. The van der Waals surface area contributed by atoms with Gasteiger partial charge < -0.3 is 19.1 Å². The van der Waals surface area contributed by atoms with Gasteiger partial charge in [-0.2, -0.15) is 0 Å². The van der Waals surface area contributed by atoms with Crippen LogP contribution in [0.1, 0.15) is 39.0 Å². The fourth-order valence-electron chi connectivity index (χ4n) is 3.43. The van der Waals surface area contributed by atoms with E-state index in [9.17, 15) is 0 Å². The maximum absolute atomic E-state index is 5.90. The minimum atomic E-state index is 0.328. The Bertz CT molecular complexity index is 466. The number of methoxy groups -OCH3 is 2. The number of benzene rings is 1. The Kier molecular flexibility index (Phi) is 8.40. The number of ether oxygens (including phenoxy) is 3. The minimum Gasteiger partial charge on any atom is -0.497 e. The Balaban J connectivity index is 1.73. The summed E-state index contributed by atoms with van der Waals surface area (Å²) in [6.45, 7) is 6.44. The molecule has 1 aromatic carbocycles. The van der Waals surface area contributed by atoms with E-state index in [4.69, 9.17) is 14.2 Å². The van der Waals surface area contributed by atoms with Crippen LogP contribution in [0.15, 0.2) is 24.3 Å². The molecule has 4 heteroatoms. The summed E-state index contributed by atoms with van der Waals surface area (Å²) in [6.07, 6.45) is 6.48. The SMILES string of the molecule is CCCCCN1CC[C@H](CCOc2cccc(OC)c2)[C@H](OC)C1. The van der Waals surface area contributed by atoms with Crippen molar-refractivity contribution in [3.05, 3.63) is 24.3 Å². The molecule has 0 spiro atoms. The third kappa shape index (κ3) is 5.99. The second kappa shape index (κ2) is 10.6. The predicted molar refractivity (Wildman–Crippen MR) is 98.0 cm³/mol. The van der Waals surface area contributed by atoms with E-state index in [1.165, 1.54) is 38.8 Å². The molecule has 0 aliphatic carbocycles. The Morgan fingerprint density at radius 3 is 2.75 bits per heavy atom. The van der Waals surface area contributed by atoms with E-state index < -0.39 is 0 Å². The number of piperidine rings is 1. The first-order valence-electron chi connectivity index (χ1n) is 9.28. The van der Waals surface area contributed by atoms with Crippen molar-refractivity contribution in [1.82, 2.24) is 4.90 Å². The van der Waals surface area contributed by atoms with Gasteiger partial charge in [0.2, 0.25) is 0 Å². The van der Waals surface area contributed by atoms with Crippen LogP contribution in [0.2, 0.25) is 0 Å². The Hall–Kier alpha value is -1.26. The van der Waals surface area contributed by atoms with Crippen LogP contribution in [0, 0.1) is 5.92 Å². The van der Waals surface area contributed by atoms with Crippen molar-refractivity contribution in [3.8, 4) is 11.5 Å². The van der Waals surface area contributed by atoms with Gasteiger partial charge in [-0.25, -0.2) is 0 Å². The molecule has 0 aromatic heterocycles. The molecule has 136 valence electrons. The summed E-state index contributed by atoms with van der Waals surface area (Å²) in [5, 5.41) is 0. The maximum atomic E-state index is 5.90. The normalized spacial score (nSPS) is 21.6. The van der Waals surface area contributed by atoms with Gasteiger partial charge in [0, 0.05) is 19.7 Å². The monoisotopic (exact) mass is 335 g/mol. The van der Waals surface area contributed by atoms with Crippen molar-refractivity contribution in [3.63, 3.8) is 0 Å². The van der Waals surface area contributed by atoms with Crippen LogP contribution >= 0.6 is 0 Å². The first kappa shape index (κ1) is 19.1. The van der Waals surface area contributed by atoms with Crippen LogP contribution in [0.4, 0.5) is 0 Å².